The highest BCUT2D eigenvalue weighted by atomic mass is 19.4. The predicted octanol–water partition coefficient (Wildman–Crippen LogP) is 3.93. The number of nitrogen functional groups attached to an aromatic ring is 1. The zero-order valence-corrected chi connectivity index (χ0v) is 17.3. The summed E-state index contributed by atoms with van der Waals surface area (Å²) < 4.78 is 50.4. The van der Waals surface area contributed by atoms with Crippen LogP contribution in [0.25, 0.3) is 11.0 Å². The predicted molar refractivity (Wildman–Crippen MR) is 110 cm³/mol. The van der Waals surface area contributed by atoms with E-state index in [1.165, 1.54) is 6.07 Å². The van der Waals surface area contributed by atoms with Crippen LogP contribution in [0.1, 0.15) is 51.3 Å². The minimum atomic E-state index is -4.44. The van der Waals surface area contributed by atoms with Gasteiger partial charge in [0.25, 0.3) is 5.91 Å². The minimum absolute atomic E-state index is 0.0726. The number of pyridine rings is 1. The minimum Gasteiger partial charge on any atom is -0.383 e. The van der Waals surface area contributed by atoms with Crippen LogP contribution in [-0.2, 0) is 35.5 Å². The van der Waals surface area contributed by atoms with Gasteiger partial charge in [0.2, 0.25) is 0 Å². The number of halogens is 3. The molecule has 0 bridgehead atoms. The van der Waals surface area contributed by atoms with E-state index in [4.69, 9.17) is 15.2 Å². The van der Waals surface area contributed by atoms with Gasteiger partial charge in [0.15, 0.2) is 0 Å². The van der Waals surface area contributed by atoms with Gasteiger partial charge in [0.1, 0.15) is 11.5 Å². The summed E-state index contributed by atoms with van der Waals surface area (Å²) in [6.45, 7) is 3.20. The number of aromatic nitrogens is 2. The zero-order chi connectivity index (χ0) is 22.6. The van der Waals surface area contributed by atoms with Crippen molar-refractivity contribution < 1.29 is 27.4 Å². The molecule has 1 atom stereocenters. The topological polar surface area (TPSA) is 93.5 Å². The number of nitrogens with one attached hydrogen (secondary N) is 1. The van der Waals surface area contributed by atoms with Gasteiger partial charge in [-0.2, -0.15) is 13.2 Å². The van der Waals surface area contributed by atoms with Gasteiger partial charge in [0.05, 0.1) is 49.1 Å². The number of likely N-dealkylation sites (N-methyl/N-ethyl adjacent to an activating group) is 1. The summed E-state index contributed by atoms with van der Waals surface area (Å²) in [4.78, 5) is 22.6. The van der Waals surface area contributed by atoms with Gasteiger partial charge in [-0.1, -0.05) is 6.07 Å². The fraction of sp³-hybridized carbons (Fsp3) is 0.364. The summed E-state index contributed by atoms with van der Waals surface area (Å²) in [7, 11) is 0. The van der Waals surface area contributed by atoms with Crippen LogP contribution in [0.4, 0.5) is 19.0 Å². The van der Waals surface area contributed by atoms with Crippen molar-refractivity contribution in [2.24, 2.45) is 0 Å². The number of aromatic amines is 1. The van der Waals surface area contributed by atoms with Gasteiger partial charge < -0.3 is 25.1 Å². The Balaban J connectivity index is 1.51. The van der Waals surface area contributed by atoms with Crippen LogP contribution in [-0.4, -0.2) is 33.9 Å². The average Bonchev–Trinajstić information content (AvgIpc) is 3.40. The normalized spacial score (nSPS) is 17.9. The molecule has 0 saturated heterocycles. The van der Waals surface area contributed by atoms with Crippen LogP contribution >= 0.6 is 0 Å². The van der Waals surface area contributed by atoms with Gasteiger partial charge >= 0.3 is 6.18 Å². The molecular weight excluding hydrogens is 425 g/mol. The number of nitrogens with zero attached hydrogens (tertiary/aromatic N) is 2. The van der Waals surface area contributed by atoms with Gasteiger partial charge in [0, 0.05) is 17.7 Å². The summed E-state index contributed by atoms with van der Waals surface area (Å²) in [6, 6.07) is 4.73. The monoisotopic (exact) mass is 446 g/mol. The summed E-state index contributed by atoms with van der Waals surface area (Å²) in [6.07, 6.45) is -4.44. The van der Waals surface area contributed by atoms with Gasteiger partial charge in [-0.05, 0) is 36.2 Å². The number of carbonyl (C=O) groups is 1. The fourth-order valence-electron chi connectivity index (χ4n) is 4.48. The Labute approximate surface area is 181 Å². The van der Waals surface area contributed by atoms with Crippen molar-refractivity contribution in [3.63, 3.8) is 0 Å². The van der Waals surface area contributed by atoms with E-state index in [9.17, 15) is 18.0 Å². The highest BCUT2D eigenvalue weighted by molar-refractivity contribution is 5.98. The maximum Gasteiger partial charge on any atom is 0.416 e. The Kier molecular flexibility index (Phi) is 4.86. The number of hydrogen-bond donors (Lipinski definition) is 2. The van der Waals surface area contributed by atoms with Crippen molar-refractivity contribution >= 4 is 22.8 Å². The largest absolute Gasteiger partial charge is 0.416 e. The first-order valence-electron chi connectivity index (χ1n) is 10.2. The number of rotatable bonds is 3. The molecule has 0 saturated carbocycles. The summed E-state index contributed by atoms with van der Waals surface area (Å²) in [5, 5.41) is 0. The second-order valence-corrected chi connectivity index (χ2v) is 7.92. The van der Waals surface area contributed by atoms with Gasteiger partial charge in [-0.15, -0.1) is 0 Å². The number of ether oxygens (including phenoxy) is 2. The van der Waals surface area contributed by atoms with E-state index >= 15 is 0 Å². The lowest BCUT2D eigenvalue weighted by molar-refractivity contribution is -0.137. The Morgan fingerprint density at radius 1 is 1.22 bits per heavy atom. The van der Waals surface area contributed by atoms with Crippen LogP contribution in [0.2, 0.25) is 0 Å². The molecule has 0 radical (unpaired) electrons. The van der Waals surface area contributed by atoms with Gasteiger partial charge in [-0.3, -0.25) is 4.79 Å². The van der Waals surface area contributed by atoms with Crippen molar-refractivity contribution in [3.8, 4) is 0 Å². The lowest BCUT2D eigenvalue weighted by Gasteiger charge is -2.35. The Morgan fingerprint density at radius 2 is 2.00 bits per heavy atom. The summed E-state index contributed by atoms with van der Waals surface area (Å²) in [5.41, 5.74) is 9.70. The number of carbonyl (C=O) groups excluding carboxylic acids is 1. The standard InChI is InChI=1S/C22H21F3N4O3/c1-2-29(18-10-31-7-11-5-12(22(23,24)25)3-4-13(11)18)21(30)17-6-16-19(27-17)14-8-32-9-15(14)20(26)28-16/h3-6,18,27H,2,7-10H2,1H3,(H2,26,28)/t18-/m0/s1. The molecule has 5 rings (SSSR count). The van der Waals surface area contributed by atoms with E-state index in [1.54, 1.807) is 11.0 Å². The number of H-pyrrole nitrogens is 1. The molecule has 3 N–H and O–H groups in total. The highest BCUT2D eigenvalue weighted by Gasteiger charge is 2.35. The third-order valence-electron chi connectivity index (χ3n) is 6.08. The lowest BCUT2D eigenvalue weighted by Crippen LogP contribution is -2.39. The Hall–Kier alpha value is -3.11. The van der Waals surface area contributed by atoms with E-state index in [2.05, 4.69) is 9.97 Å². The number of alkyl halides is 3. The molecule has 0 unspecified atom stereocenters. The molecule has 2 aliphatic heterocycles. The molecular formula is C22H21F3N4O3. The number of anilines is 1. The van der Waals surface area contributed by atoms with Crippen LogP contribution < -0.4 is 5.73 Å². The van der Waals surface area contributed by atoms with Crippen molar-refractivity contribution in [1.82, 2.24) is 14.9 Å². The summed E-state index contributed by atoms with van der Waals surface area (Å²) in [5.74, 6) is 0.0866. The van der Waals surface area contributed by atoms with Crippen LogP contribution in [0.5, 0.6) is 0 Å². The highest BCUT2D eigenvalue weighted by Crippen LogP contribution is 2.37. The first kappa shape index (κ1) is 20.8. The van der Waals surface area contributed by atoms with Crippen molar-refractivity contribution in [2.45, 2.75) is 39.0 Å². The molecule has 10 heteroatoms. The van der Waals surface area contributed by atoms with Crippen molar-refractivity contribution in [3.05, 3.63) is 57.8 Å². The summed E-state index contributed by atoms with van der Waals surface area (Å²) >= 11 is 0. The van der Waals surface area contributed by atoms with Gasteiger partial charge in [-0.25, -0.2) is 4.98 Å². The quantitative estimate of drug-likeness (QED) is 0.636. The van der Waals surface area contributed by atoms with E-state index in [1.807, 2.05) is 6.92 Å². The molecule has 2 aromatic heterocycles. The lowest BCUT2D eigenvalue weighted by atomic mass is 9.95. The molecule has 0 aliphatic carbocycles. The second kappa shape index (κ2) is 7.49. The second-order valence-electron chi connectivity index (χ2n) is 7.92. The molecule has 32 heavy (non-hydrogen) atoms. The number of fused-ring (bicyclic) bond motifs is 4. The van der Waals surface area contributed by atoms with E-state index in [0.717, 1.165) is 23.3 Å². The zero-order valence-electron chi connectivity index (χ0n) is 17.3. The molecule has 4 heterocycles. The van der Waals surface area contributed by atoms with E-state index in [-0.39, 0.29) is 19.1 Å². The Morgan fingerprint density at radius 3 is 2.75 bits per heavy atom. The molecule has 168 valence electrons. The van der Waals surface area contributed by atoms with E-state index in [0.29, 0.717) is 53.4 Å². The average molecular weight is 446 g/mol. The molecule has 1 aromatic carbocycles. The first-order valence-corrected chi connectivity index (χ1v) is 10.2. The number of amides is 1. The van der Waals surface area contributed by atoms with Crippen LogP contribution in [0, 0.1) is 0 Å². The van der Waals surface area contributed by atoms with Crippen LogP contribution in [0.15, 0.2) is 24.3 Å². The third kappa shape index (κ3) is 3.30. The maximum absolute atomic E-state index is 13.4. The molecule has 3 aromatic rings. The number of nitrogens with two attached hydrogens (primary N) is 1. The fourth-order valence-corrected chi connectivity index (χ4v) is 4.48. The third-order valence-corrected chi connectivity index (χ3v) is 6.08. The first-order chi connectivity index (χ1) is 15.3. The molecule has 0 fully saturated rings. The molecule has 7 nitrogen and oxygen atoms in total. The SMILES string of the molecule is CCN(C(=O)c1cc2nc(N)c3c(c2[nH]1)COC3)[C@H]1COCc2cc(C(F)(F)F)ccc21. The number of hydrogen-bond acceptors (Lipinski definition) is 5. The number of benzene rings is 1. The smallest absolute Gasteiger partial charge is 0.383 e. The molecule has 1 amide bonds. The Bertz CT molecular complexity index is 1220. The van der Waals surface area contributed by atoms with Crippen LogP contribution in [0.3, 0.4) is 0 Å². The van der Waals surface area contributed by atoms with Crippen molar-refractivity contribution in [1.29, 1.82) is 0 Å². The maximum atomic E-state index is 13.4. The molecule has 0 spiro atoms. The van der Waals surface area contributed by atoms with E-state index < -0.39 is 17.8 Å². The molecule has 2 aliphatic rings. The van der Waals surface area contributed by atoms with Crippen molar-refractivity contribution in [2.75, 3.05) is 18.9 Å².